The summed E-state index contributed by atoms with van der Waals surface area (Å²) in [6, 6.07) is 16.5. The van der Waals surface area contributed by atoms with Crippen LogP contribution in [-0.4, -0.2) is 8.54 Å². The van der Waals surface area contributed by atoms with Gasteiger partial charge in [-0.3, -0.25) is 0 Å². The molecule has 2 aromatic carbocycles. The third kappa shape index (κ3) is 2.49. The molecule has 0 fully saturated rings. The fraction of sp³-hybridized carbons (Fsp3) is 0. The van der Waals surface area contributed by atoms with E-state index in [1.54, 1.807) is 24.3 Å². The van der Waals surface area contributed by atoms with Crippen LogP contribution in [-0.2, 0) is 0 Å². The normalized spacial score (nSPS) is 11.1. The number of phenols is 1. The van der Waals surface area contributed by atoms with Crippen molar-refractivity contribution in [1.82, 2.24) is 0 Å². The summed E-state index contributed by atoms with van der Waals surface area (Å²) in [5, 5.41) is 9.14. The molecule has 0 saturated heterocycles. The van der Waals surface area contributed by atoms with E-state index < -0.39 is 20.2 Å². The first-order valence-corrected chi connectivity index (χ1v) is 7.63. The van der Waals surface area contributed by atoms with E-state index in [4.69, 9.17) is 5.11 Å². The monoisotopic (exact) mass is 314 g/mol. The van der Waals surface area contributed by atoms with Crippen LogP contribution >= 0.6 is 20.2 Å². The molecule has 2 aromatic rings. The number of hydrogen-bond acceptors (Lipinski definition) is 2. The number of phenolic OH excluding ortho intramolecular Hbond substituents is 1. The van der Waals surface area contributed by atoms with Gasteiger partial charge in [-0.1, -0.05) is 0 Å². The molecule has 0 spiro atoms. The van der Waals surface area contributed by atoms with Crippen molar-refractivity contribution in [3.8, 4) is 5.75 Å². The van der Waals surface area contributed by atoms with Crippen LogP contribution in [0.5, 0.6) is 5.75 Å². The quantitative estimate of drug-likeness (QED) is 0.837. The van der Waals surface area contributed by atoms with Crippen molar-refractivity contribution in [2.45, 2.75) is 0 Å². The minimum atomic E-state index is -2.23. The van der Waals surface area contributed by atoms with Gasteiger partial charge in [0.05, 0.1) is 0 Å². The standard InChI is InChI=1S/C12H11IO2/c14-12-8-6-11(7-9-12)13(15)10-4-2-1-3-5-10/h1-9,14-15H. The van der Waals surface area contributed by atoms with Crippen LogP contribution in [0.4, 0.5) is 0 Å². The van der Waals surface area contributed by atoms with E-state index in [0.717, 1.165) is 7.14 Å². The van der Waals surface area contributed by atoms with Gasteiger partial charge in [0.25, 0.3) is 0 Å². The van der Waals surface area contributed by atoms with Gasteiger partial charge in [0.2, 0.25) is 0 Å². The molecule has 0 aliphatic rings. The van der Waals surface area contributed by atoms with Gasteiger partial charge in [0.1, 0.15) is 0 Å². The molecule has 78 valence electrons. The Hall–Kier alpha value is -1.07. The van der Waals surface area contributed by atoms with E-state index in [0.29, 0.717) is 0 Å². The Balaban J connectivity index is 2.29. The topological polar surface area (TPSA) is 40.5 Å². The van der Waals surface area contributed by atoms with E-state index in [9.17, 15) is 3.44 Å². The number of rotatable bonds is 2. The Morgan fingerprint density at radius 3 is 1.87 bits per heavy atom. The molecule has 0 amide bonds. The molecule has 0 aromatic heterocycles. The van der Waals surface area contributed by atoms with Gasteiger partial charge >= 0.3 is 96.3 Å². The van der Waals surface area contributed by atoms with Crippen LogP contribution in [0, 0.1) is 7.14 Å². The molecule has 0 aliphatic carbocycles. The summed E-state index contributed by atoms with van der Waals surface area (Å²) >= 11 is -2.23. The molecule has 0 heterocycles. The van der Waals surface area contributed by atoms with Gasteiger partial charge in [-0.05, 0) is 0 Å². The van der Waals surface area contributed by atoms with Gasteiger partial charge in [0, 0.05) is 0 Å². The summed E-state index contributed by atoms with van der Waals surface area (Å²) < 4.78 is 12.1. The zero-order chi connectivity index (χ0) is 10.7. The molecule has 15 heavy (non-hydrogen) atoms. The summed E-state index contributed by atoms with van der Waals surface area (Å²) in [4.78, 5) is 0. The first-order valence-electron chi connectivity index (χ1n) is 4.50. The van der Waals surface area contributed by atoms with E-state index in [-0.39, 0.29) is 5.75 Å². The number of halogens is 1. The second kappa shape index (κ2) is 4.63. The van der Waals surface area contributed by atoms with E-state index >= 15 is 0 Å². The predicted molar refractivity (Wildman–Crippen MR) is 68.2 cm³/mol. The molecular formula is C12H11IO2. The Bertz CT molecular complexity index is 425. The third-order valence-corrected chi connectivity index (χ3v) is 5.77. The molecule has 0 saturated carbocycles. The second-order valence-corrected chi connectivity index (χ2v) is 7.03. The fourth-order valence-corrected chi connectivity index (χ4v) is 4.08. The van der Waals surface area contributed by atoms with Gasteiger partial charge in [0.15, 0.2) is 0 Å². The maximum atomic E-state index is 10.2. The first kappa shape index (κ1) is 10.4. The van der Waals surface area contributed by atoms with Gasteiger partial charge < -0.3 is 0 Å². The van der Waals surface area contributed by atoms with Crippen molar-refractivity contribution in [3.63, 3.8) is 0 Å². The van der Waals surface area contributed by atoms with Crippen LogP contribution in [0.2, 0.25) is 0 Å². The van der Waals surface area contributed by atoms with Crippen LogP contribution in [0.1, 0.15) is 0 Å². The van der Waals surface area contributed by atoms with Crippen molar-refractivity contribution in [3.05, 3.63) is 61.7 Å². The second-order valence-electron chi connectivity index (χ2n) is 3.04. The molecule has 2 rings (SSSR count). The van der Waals surface area contributed by atoms with Crippen molar-refractivity contribution in [2.24, 2.45) is 0 Å². The first-order chi connectivity index (χ1) is 7.27. The molecular weight excluding hydrogens is 303 g/mol. The summed E-state index contributed by atoms with van der Waals surface area (Å²) in [5.74, 6) is 0.232. The summed E-state index contributed by atoms with van der Waals surface area (Å²) in [6.45, 7) is 0. The van der Waals surface area contributed by atoms with Crippen LogP contribution < -0.4 is 0 Å². The summed E-state index contributed by atoms with van der Waals surface area (Å²) in [6.07, 6.45) is 0. The number of aromatic hydroxyl groups is 1. The molecule has 0 aliphatic heterocycles. The van der Waals surface area contributed by atoms with Gasteiger partial charge in [-0.15, -0.1) is 0 Å². The van der Waals surface area contributed by atoms with Crippen molar-refractivity contribution >= 4 is 20.2 Å². The molecule has 3 heteroatoms. The average Bonchev–Trinajstić information content (AvgIpc) is 2.30. The zero-order valence-corrected chi connectivity index (χ0v) is 10.1. The van der Waals surface area contributed by atoms with Crippen molar-refractivity contribution < 1.29 is 8.54 Å². The van der Waals surface area contributed by atoms with E-state index in [1.807, 2.05) is 30.3 Å². The molecule has 0 atom stereocenters. The minimum absolute atomic E-state index is 0.232. The Kier molecular flexibility index (Phi) is 3.23. The molecule has 2 nitrogen and oxygen atoms in total. The summed E-state index contributed by atoms with van der Waals surface area (Å²) in [7, 11) is 0. The average molecular weight is 314 g/mol. The molecule has 0 bridgehead atoms. The molecule has 0 radical (unpaired) electrons. The van der Waals surface area contributed by atoms with Crippen molar-refractivity contribution in [2.75, 3.05) is 0 Å². The Labute approximate surface area is 96.1 Å². The summed E-state index contributed by atoms with van der Waals surface area (Å²) in [5.41, 5.74) is 0. The fourth-order valence-electron chi connectivity index (χ4n) is 1.22. The van der Waals surface area contributed by atoms with Crippen LogP contribution in [0.25, 0.3) is 0 Å². The zero-order valence-electron chi connectivity index (χ0n) is 7.97. The van der Waals surface area contributed by atoms with Crippen LogP contribution in [0.3, 0.4) is 0 Å². The Morgan fingerprint density at radius 2 is 1.27 bits per heavy atom. The van der Waals surface area contributed by atoms with Gasteiger partial charge in [-0.25, -0.2) is 0 Å². The Morgan fingerprint density at radius 1 is 0.733 bits per heavy atom. The van der Waals surface area contributed by atoms with E-state index in [1.165, 1.54) is 0 Å². The van der Waals surface area contributed by atoms with Gasteiger partial charge in [-0.2, -0.15) is 0 Å². The van der Waals surface area contributed by atoms with Crippen LogP contribution in [0.15, 0.2) is 54.6 Å². The molecule has 0 unspecified atom stereocenters. The maximum absolute atomic E-state index is 10.2. The predicted octanol–water partition coefficient (Wildman–Crippen LogP) is 2.85. The third-order valence-electron chi connectivity index (χ3n) is 1.97. The number of benzene rings is 2. The molecule has 2 N–H and O–H groups in total. The van der Waals surface area contributed by atoms with Crippen molar-refractivity contribution in [1.29, 1.82) is 0 Å². The SMILES string of the molecule is Oc1ccc(I(O)c2ccccc2)cc1. The number of hydrogen-bond donors (Lipinski definition) is 2. The van der Waals surface area contributed by atoms with E-state index in [2.05, 4.69) is 0 Å².